The molecule has 0 saturated heterocycles. The van der Waals surface area contributed by atoms with Crippen LogP contribution in [0.5, 0.6) is 0 Å². The summed E-state index contributed by atoms with van der Waals surface area (Å²) in [6.07, 6.45) is 0. The topological polar surface area (TPSA) is 33.2 Å². The van der Waals surface area contributed by atoms with Gasteiger partial charge in [-0.15, -0.1) is 11.3 Å². The van der Waals surface area contributed by atoms with E-state index in [1.165, 1.54) is 22.5 Å². The average Bonchev–Trinajstić information content (AvgIpc) is 2.70. The molecule has 0 atom stereocenters. The van der Waals surface area contributed by atoms with Gasteiger partial charge in [-0.3, -0.25) is 4.79 Å². The number of thiazole rings is 1. The van der Waals surface area contributed by atoms with Crippen LogP contribution >= 0.6 is 11.3 Å². The predicted octanol–water partition coefficient (Wildman–Crippen LogP) is 3.34. The van der Waals surface area contributed by atoms with Gasteiger partial charge in [-0.1, -0.05) is 24.3 Å². The van der Waals surface area contributed by atoms with E-state index in [0.717, 1.165) is 15.6 Å². The largest absolute Gasteiger partial charge is 0.337 e. The van der Waals surface area contributed by atoms with Gasteiger partial charge in [0.05, 0.1) is 10.7 Å². The Morgan fingerprint density at radius 3 is 2.53 bits per heavy atom. The maximum atomic E-state index is 12.4. The molecule has 2 rings (SSSR count). The zero-order valence-electron chi connectivity index (χ0n) is 11.7. The van der Waals surface area contributed by atoms with Crippen LogP contribution in [0.1, 0.15) is 31.5 Å². The van der Waals surface area contributed by atoms with Crippen molar-refractivity contribution in [2.24, 2.45) is 0 Å². The summed E-state index contributed by atoms with van der Waals surface area (Å²) in [5.74, 6) is 0.0475. The molecule has 0 N–H and O–H groups in total. The van der Waals surface area contributed by atoms with Crippen molar-refractivity contribution in [2.75, 3.05) is 7.05 Å². The summed E-state index contributed by atoms with van der Waals surface area (Å²) in [4.78, 5) is 19.2. The smallest absolute Gasteiger partial charge is 0.265 e. The quantitative estimate of drug-likeness (QED) is 0.860. The molecule has 0 aliphatic carbocycles. The summed E-state index contributed by atoms with van der Waals surface area (Å²) in [7, 11) is 1.84. The number of nitrogens with zero attached hydrogens (tertiary/aromatic N) is 2. The Labute approximate surface area is 117 Å². The van der Waals surface area contributed by atoms with Crippen LogP contribution in [-0.2, 0) is 6.54 Å². The Morgan fingerprint density at radius 2 is 1.95 bits per heavy atom. The van der Waals surface area contributed by atoms with Gasteiger partial charge in [0.2, 0.25) is 0 Å². The third kappa shape index (κ3) is 3.01. The second kappa shape index (κ2) is 5.53. The molecule has 0 fully saturated rings. The lowest BCUT2D eigenvalue weighted by atomic mass is 10.1. The molecule has 3 nitrogen and oxygen atoms in total. The molecule has 100 valence electrons. The molecule has 1 amide bonds. The van der Waals surface area contributed by atoms with Crippen molar-refractivity contribution >= 4 is 17.2 Å². The fraction of sp³-hybridized carbons (Fsp3) is 0.333. The van der Waals surface area contributed by atoms with Gasteiger partial charge in [0.1, 0.15) is 4.88 Å². The molecule has 0 radical (unpaired) electrons. The molecule has 0 unspecified atom stereocenters. The Balaban J connectivity index is 2.16. The van der Waals surface area contributed by atoms with Gasteiger partial charge in [-0.2, -0.15) is 0 Å². The summed E-state index contributed by atoms with van der Waals surface area (Å²) in [5.41, 5.74) is 3.21. The van der Waals surface area contributed by atoms with Gasteiger partial charge in [-0.25, -0.2) is 4.98 Å². The Morgan fingerprint density at radius 1 is 1.26 bits per heavy atom. The van der Waals surface area contributed by atoms with Crippen molar-refractivity contribution in [3.8, 4) is 0 Å². The summed E-state index contributed by atoms with van der Waals surface area (Å²) < 4.78 is 0. The Bertz CT molecular complexity index is 604. The van der Waals surface area contributed by atoms with Gasteiger partial charge in [0, 0.05) is 13.6 Å². The zero-order valence-corrected chi connectivity index (χ0v) is 12.5. The first-order valence-electron chi connectivity index (χ1n) is 6.23. The normalized spacial score (nSPS) is 10.5. The molecular formula is C15H18N2OS. The van der Waals surface area contributed by atoms with Crippen molar-refractivity contribution < 1.29 is 4.79 Å². The number of carbonyl (C=O) groups excluding carboxylic acids is 1. The molecular weight excluding hydrogens is 256 g/mol. The molecule has 2 aromatic rings. The van der Waals surface area contributed by atoms with Crippen molar-refractivity contribution in [1.29, 1.82) is 0 Å². The standard InChI is InChI=1S/C15H18N2OS/c1-10-7-5-6-8-13(10)9-17(4)15(18)14-11(2)16-12(3)19-14/h5-8H,9H2,1-4H3. The SMILES string of the molecule is Cc1nc(C)c(C(=O)N(C)Cc2ccccc2C)s1. The number of aromatic nitrogens is 1. The van der Waals surface area contributed by atoms with Crippen molar-refractivity contribution in [2.45, 2.75) is 27.3 Å². The number of rotatable bonds is 3. The van der Waals surface area contributed by atoms with Crippen LogP contribution in [0.2, 0.25) is 0 Å². The van der Waals surface area contributed by atoms with Gasteiger partial charge < -0.3 is 4.90 Å². The highest BCUT2D eigenvalue weighted by molar-refractivity contribution is 7.13. The second-order valence-corrected chi connectivity index (χ2v) is 5.94. The van der Waals surface area contributed by atoms with Gasteiger partial charge in [0.15, 0.2) is 0 Å². The third-order valence-corrected chi connectivity index (χ3v) is 4.17. The minimum absolute atomic E-state index is 0.0475. The number of amides is 1. The van der Waals surface area contributed by atoms with E-state index in [9.17, 15) is 4.79 Å². The van der Waals surface area contributed by atoms with E-state index in [4.69, 9.17) is 0 Å². The number of hydrogen-bond acceptors (Lipinski definition) is 3. The van der Waals surface area contributed by atoms with Crippen LogP contribution in [-0.4, -0.2) is 22.8 Å². The van der Waals surface area contributed by atoms with Gasteiger partial charge in [0.25, 0.3) is 5.91 Å². The van der Waals surface area contributed by atoms with Gasteiger partial charge in [-0.05, 0) is 31.9 Å². The number of benzene rings is 1. The van der Waals surface area contributed by atoms with Crippen LogP contribution in [0.4, 0.5) is 0 Å². The number of aryl methyl sites for hydroxylation is 3. The molecule has 1 heterocycles. The van der Waals surface area contributed by atoms with E-state index in [1.807, 2.05) is 33.0 Å². The van der Waals surface area contributed by atoms with Gasteiger partial charge >= 0.3 is 0 Å². The van der Waals surface area contributed by atoms with Crippen molar-refractivity contribution in [3.63, 3.8) is 0 Å². The van der Waals surface area contributed by atoms with Crippen LogP contribution in [0.3, 0.4) is 0 Å². The highest BCUT2D eigenvalue weighted by Crippen LogP contribution is 2.20. The van der Waals surface area contributed by atoms with Crippen LogP contribution in [0.25, 0.3) is 0 Å². The molecule has 0 aliphatic heterocycles. The van der Waals surface area contributed by atoms with Crippen LogP contribution in [0, 0.1) is 20.8 Å². The summed E-state index contributed by atoms with van der Waals surface area (Å²) in [5, 5.41) is 0.935. The number of carbonyl (C=O) groups is 1. The Kier molecular flexibility index (Phi) is 4.00. The molecule has 1 aromatic heterocycles. The van der Waals surface area contributed by atoms with E-state index in [1.54, 1.807) is 4.90 Å². The Hall–Kier alpha value is -1.68. The maximum absolute atomic E-state index is 12.4. The highest BCUT2D eigenvalue weighted by atomic mass is 32.1. The van der Waals surface area contributed by atoms with E-state index < -0.39 is 0 Å². The molecule has 1 aromatic carbocycles. The summed E-state index contributed by atoms with van der Waals surface area (Å²) in [6, 6.07) is 8.14. The molecule has 0 aliphatic rings. The first kappa shape index (κ1) is 13.7. The highest BCUT2D eigenvalue weighted by Gasteiger charge is 2.18. The predicted molar refractivity (Wildman–Crippen MR) is 78.6 cm³/mol. The lowest BCUT2D eigenvalue weighted by Crippen LogP contribution is -2.26. The monoisotopic (exact) mass is 274 g/mol. The third-order valence-electron chi connectivity index (χ3n) is 3.11. The molecule has 0 saturated carbocycles. The van der Waals surface area contributed by atoms with Crippen LogP contribution in [0.15, 0.2) is 24.3 Å². The van der Waals surface area contributed by atoms with E-state index >= 15 is 0 Å². The van der Waals surface area contributed by atoms with Crippen LogP contribution < -0.4 is 0 Å². The average molecular weight is 274 g/mol. The lowest BCUT2D eigenvalue weighted by Gasteiger charge is -2.18. The zero-order chi connectivity index (χ0) is 14.0. The molecule has 0 bridgehead atoms. The number of hydrogen-bond donors (Lipinski definition) is 0. The fourth-order valence-electron chi connectivity index (χ4n) is 2.02. The maximum Gasteiger partial charge on any atom is 0.265 e. The first-order chi connectivity index (χ1) is 8.99. The second-order valence-electron chi connectivity index (χ2n) is 4.74. The summed E-state index contributed by atoms with van der Waals surface area (Å²) >= 11 is 1.46. The minimum atomic E-state index is 0.0475. The summed E-state index contributed by atoms with van der Waals surface area (Å²) in [6.45, 7) is 6.51. The van der Waals surface area contributed by atoms with E-state index in [2.05, 4.69) is 24.0 Å². The molecule has 19 heavy (non-hydrogen) atoms. The molecule has 4 heteroatoms. The fourth-order valence-corrected chi connectivity index (χ4v) is 2.93. The molecule has 0 spiro atoms. The van der Waals surface area contributed by atoms with Crippen molar-refractivity contribution in [3.05, 3.63) is 51.0 Å². The van der Waals surface area contributed by atoms with E-state index in [-0.39, 0.29) is 5.91 Å². The minimum Gasteiger partial charge on any atom is -0.337 e. The lowest BCUT2D eigenvalue weighted by molar-refractivity contribution is 0.0789. The van der Waals surface area contributed by atoms with E-state index in [0.29, 0.717) is 6.54 Å². The first-order valence-corrected chi connectivity index (χ1v) is 7.04. The van der Waals surface area contributed by atoms with Crippen molar-refractivity contribution in [1.82, 2.24) is 9.88 Å².